The van der Waals surface area contributed by atoms with Crippen LogP contribution in [-0.2, 0) is 9.59 Å². The molecule has 3 rings (SSSR count). The van der Waals surface area contributed by atoms with E-state index in [2.05, 4.69) is 5.32 Å². The third-order valence-corrected chi connectivity index (χ3v) is 3.50. The molecule has 0 saturated carbocycles. The highest BCUT2D eigenvalue weighted by atomic mass is 16.2. The summed E-state index contributed by atoms with van der Waals surface area (Å²) in [5.74, 6) is -0.868. The highest BCUT2D eigenvalue weighted by Gasteiger charge is 2.47. The van der Waals surface area contributed by atoms with Gasteiger partial charge in [-0.15, -0.1) is 0 Å². The van der Waals surface area contributed by atoms with Gasteiger partial charge >= 0.3 is 6.03 Å². The number of imide groups is 1. The highest BCUT2D eigenvalue weighted by Crippen LogP contribution is 2.28. The van der Waals surface area contributed by atoms with Gasteiger partial charge in [-0.3, -0.25) is 14.5 Å². The molecule has 0 aromatic heterocycles. The topological polar surface area (TPSA) is 69.7 Å². The van der Waals surface area contributed by atoms with Crippen LogP contribution in [0.5, 0.6) is 0 Å². The Balaban J connectivity index is 2.04. The summed E-state index contributed by atoms with van der Waals surface area (Å²) in [4.78, 5) is 39.3. The number of carbonyl (C=O) groups excluding carboxylic acids is 3. The van der Waals surface area contributed by atoms with E-state index in [0.717, 1.165) is 4.90 Å². The Kier molecular flexibility index (Phi) is 3.80. The summed E-state index contributed by atoms with van der Waals surface area (Å²) in [6.07, 6.45) is -1.05. The van der Waals surface area contributed by atoms with Crippen LogP contribution in [-0.4, -0.2) is 24.0 Å². The molecule has 1 fully saturated rings. The zero-order valence-electron chi connectivity index (χ0n) is 12.5. The van der Waals surface area contributed by atoms with Crippen LogP contribution in [0, 0.1) is 0 Å². The molecule has 6 heteroatoms. The van der Waals surface area contributed by atoms with Gasteiger partial charge in [0.15, 0.2) is 6.17 Å². The molecule has 1 heterocycles. The van der Waals surface area contributed by atoms with Crippen molar-refractivity contribution in [2.75, 3.05) is 9.80 Å². The molecule has 6 nitrogen and oxygen atoms in total. The first kappa shape index (κ1) is 14.8. The largest absolute Gasteiger partial charge is 0.338 e. The maximum atomic E-state index is 12.8. The van der Waals surface area contributed by atoms with E-state index in [1.807, 2.05) is 6.07 Å². The average molecular weight is 309 g/mol. The second kappa shape index (κ2) is 5.92. The molecule has 2 aromatic rings. The number of rotatable bonds is 3. The second-order valence-electron chi connectivity index (χ2n) is 5.10. The van der Waals surface area contributed by atoms with E-state index in [4.69, 9.17) is 0 Å². The number of para-hydroxylation sites is 2. The van der Waals surface area contributed by atoms with Crippen molar-refractivity contribution in [1.29, 1.82) is 0 Å². The molecule has 1 aliphatic rings. The molecule has 23 heavy (non-hydrogen) atoms. The van der Waals surface area contributed by atoms with Crippen molar-refractivity contribution in [2.45, 2.75) is 13.1 Å². The Morgan fingerprint density at radius 2 is 1.43 bits per heavy atom. The predicted octanol–water partition coefficient (Wildman–Crippen LogP) is 2.12. The summed E-state index contributed by atoms with van der Waals surface area (Å²) in [6.45, 7) is 1.31. The Hall–Kier alpha value is -3.15. The molecule has 116 valence electrons. The monoisotopic (exact) mass is 309 g/mol. The first-order chi connectivity index (χ1) is 11.1. The number of urea groups is 1. The molecule has 4 amide bonds. The molecular formula is C17H15N3O3. The fraction of sp³-hybridized carbons (Fsp3) is 0.118. The summed E-state index contributed by atoms with van der Waals surface area (Å²) in [5.41, 5.74) is 1.01. The fourth-order valence-corrected chi connectivity index (χ4v) is 2.53. The molecule has 0 spiro atoms. The molecule has 0 bridgehead atoms. The third-order valence-electron chi connectivity index (χ3n) is 3.50. The van der Waals surface area contributed by atoms with Gasteiger partial charge in [-0.1, -0.05) is 36.4 Å². The van der Waals surface area contributed by atoms with Gasteiger partial charge in [0, 0.05) is 12.6 Å². The molecule has 1 atom stereocenters. The van der Waals surface area contributed by atoms with Crippen LogP contribution in [0.25, 0.3) is 0 Å². The standard InChI is InChI=1S/C17H15N3O3/c1-12(21)18-15-16(22)20(14-10-6-3-7-11-14)17(23)19(15)13-8-4-2-5-9-13/h2-11,15H,1H3,(H,18,21). The lowest BCUT2D eigenvalue weighted by Gasteiger charge is -2.21. The van der Waals surface area contributed by atoms with Crippen molar-refractivity contribution in [1.82, 2.24) is 5.32 Å². The number of hydrogen-bond acceptors (Lipinski definition) is 3. The van der Waals surface area contributed by atoms with Crippen LogP contribution in [0.1, 0.15) is 6.92 Å². The van der Waals surface area contributed by atoms with E-state index in [-0.39, 0.29) is 5.91 Å². The first-order valence-corrected chi connectivity index (χ1v) is 7.14. The van der Waals surface area contributed by atoms with E-state index in [0.29, 0.717) is 11.4 Å². The van der Waals surface area contributed by atoms with E-state index >= 15 is 0 Å². The first-order valence-electron chi connectivity index (χ1n) is 7.14. The summed E-state index contributed by atoms with van der Waals surface area (Å²) in [5, 5.41) is 2.55. The summed E-state index contributed by atoms with van der Waals surface area (Å²) >= 11 is 0. The van der Waals surface area contributed by atoms with Crippen LogP contribution in [0.2, 0.25) is 0 Å². The summed E-state index contributed by atoms with van der Waals surface area (Å²) in [6, 6.07) is 16.9. The minimum absolute atomic E-state index is 0.382. The number of hydrogen-bond donors (Lipinski definition) is 1. The minimum Gasteiger partial charge on any atom is -0.328 e. The normalized spacial score (nSPS) is 17.5. The van der Waals surface area contributed by atoms with Crippen molar-refractivity contribution in [2.24, 2.45) is 0 Å². The lowest BCUT2D eigenvalue weighted by atomic mass is 10.3. The van der Waals surface area contributed by atoms with Gasteiger partial charge in [-0.05, 0) is 24.3 Å². The number of benzene rings is 2. The average Bonchev–Trinajstić information content (AvgIpc) is 2.79. The SMILES string of the molecule is CC(=O)NC1C(=O)N(c2ccccc2)C(=O)N1c1ccccc1. The molecular weight excluding hydrogens is 294 g/mol. The second-order valence-corrected chi connectivity index (χ2v) is 5.10. The molecule has 0 aliphatic carbocycles. The molecule has 1 unspecified atom stereocenters. The van der Waals surface area contributed by atoms with Gasteiger partial charge in [0.2, 0.25) is 5.91 Å². The van der Waals surface area contributed by atoms with Crippen molar-refractivity contribution >= 4 is 29.2 Å². The smallest absolute Gasteiger partial charge is 0.328 e. The van der Waals surface area contributed by atoms with Crippen molar-refractivity contribution < 1.29 is 14.4 Å². The number of carbonyl (C=O) groups is 3. The molecule has 1 aliphatic heterocycles. The Bertz CT molecular complexity index is 746. The van der Waals surface area contributed by atoms with Gasteiger partial charge in [-0.25, -0.2) is 9.69 Å². The van der Waals surface area contributed by atoms with E-state index in [9.17, 15) is 14.4 Å². The summed E-state index contributed by atoms with van der Waals surface area (Å²) in [7, 11) is 0. The van der Waals surface area contributed by atoms with Crippen molar-refractivity contribution in [3.05, 3.63) is 60.7 Å². The Morgan fingerprint density at radius 1 is 0.913 bits per heavy atom. The number of anilines is 2. The Labute approximate surface area is 133 Å². The fourth-order valence-electron chi connectivity index (χ4n) is 2.53. The zero-order valence-corrected chi connectivity index (χ0v) is 12.5. The van der Waals surface area contributed by atoms with Crippen molar-refractivity contribution in [3.63, 3.8) is 0 Å². The van der Waals surface area contributed by atoms with Gasteiger partial charge in [0.25, 0.3) is 5.91 Å². The summed E-state index contributed by atoms with van der Waals surface area (Å²) < 4.78 is 0. The quantitative estimate of drug-likeness (QED) is 0.883. The van der Waals surface area contributed by atoms with Gasteiger partial charge < -0.3 is 5.32 Å². The van der Waals surface area contributed by atoms with E-state index in [1.54, 1.807) is 54.6 Å². The Morgan fingerprint density at radius 3 is 1.96 bits per heavy atom. The lowest BCUT2D eigenvalue weighted by Crippen LogP contribution is -2.48. The maximum Gasteiger partial charge on any atom is 0.338 e. The van der Waals surface area contributed by atoms with Crippen LogP contribution < -0.4 is 15.1 Å². The van der Waals surface area contributed by atoms with Crippen LogP contribution >= 0.6 is 0 Å². The van der Waals surface area contributed by atoms with Gasteiger partial charge in [-0.2, -0.15) is 0 Å². The number of nitrogens with one attached hydrogen (secondary N) is 1. The van der Waals surface area contributed by atoms with Crippen molar-refractivity contribution in [3.8, 4) is 0 Å². The molecule has 0 radical (unpaired) electrons. The number of nitrogens with zero attached hydrogens (tertiary/aromatic N) is 2. The van der Waals surface area contributed by atoms with E-state index < -0.39 is 18.1 Å². The minimum atomic E-state index is -1.05. The van der Waals surface area contributed by atoms with Gasteiger partial charge in [0.05, 0.1) is 5.69 Å². The predicted molar refractivity (Wildman–Crippen MR) is 85.8 cm³/mol. The maximum absolute atomic E-state index is 12.8. The number of amides is 4. The van der Waals surface area contributed by atoms with E-state index in [1.165, 1.54) is 11.8 Å². The third kappa shape index (κ3) is 2.66. The lowest BCUT2D eigenvalue weighted by molar-refractivity contribution is -0.125. The van der Waals surface area contributed by atoms with Crippen LogP contribution in [0.4, 0.5) is 16.2 Å². The molecule has 1 N–H and O–H groups in total. The highest BCUT2D eigenvalue weighted by molar-refractivity contribution is 6.28. The zero-order chi connectivity index (χ0) is 16.4. The van der Waals surface area contributed by atoms with Gasteiger partial charge in [0.1, 0.15) is 0 Å². The molecule has 2 aromatic carbocycles. The molecule has 1 saturated heterocycles. The van der Waals surface area contributed by atoms with Crippen LogP contribution in [0.3, 0.4) is 0 Å². The van der Waals surface area contributed by atoms with Crippen LogP contribution in [0.15, 0.2) is 60.7 Å².